The van der Waals surface area contributed by atoms with Crippen molar-refractivity contribution in [3.8, 4) is 0 Å². The fraction of sp³-hybridized carbons (Fsp3) is 1.00. The first kappa shape index (κ1) is 16.9. The smallest absolute Gasteiger partial charge is 0.0589 e. The molecule has 4 heteroatoms. The first-order valence-electron chi connectivity index (χ1n) is 7.63. The number of hydrogen-bond donors (Lipinski definition) is 1. The molecular formula is C15H32N2O2. The van der Waals surface area contributed by atoms with Crippen LogP contribution in [-0.4, -0.2) is 64.6 Å². The van der Waals surface area contributed by atoms with E-state index in [1.165, 1.54) is 19.3 Å². The van der Waals surface area contributed by atoms with Crippen LogP contribution in [0.3, 0.4) is 0 Å². The van der Waals surface area contributed by atoms with E-state index in [0.29, 0.717) is 6.04 Å². The summed E-state index contributed by atoms with van der Waals surface area (Å²) in [7, 11) is 3.82. The lowest BCUT2D eigenvalue weighted by atomic mass is 9.81. The maximum atomic E-state index is 5.76. The summed E-state index contributed by atoms with van der Waals surface area (Å²) >= 11 is 0. The second kappa shape index (κ2) is 8.90. The van der Waals surface area contributed by atoms with Crippen LogP contribution in [0.15, 0.2) is 0 Å². The molecule has 1 fully saturated rings. The predicted octanol–water partition coefficient (Wildman–Crippen LogP) is 1.75. The van der Waals surface area contributed by atoms with E-state index < -0.39 is 0 Å². The summed E-state index contributed by atoms with van der Waals surface area (Å²) in [5.41, 5.74) is 0.268. The van der Waals surface area contributed by atoms with E-state index in [2.05, 4.69) is 24.1 Å². The fourth-order valence-corrected chi connectivity index (χ4v) is 2.96. The van der Waals surface area contributed by atoms with Crippen LogP contribution in [0.4, 0.5) is 0 Å². The molecule has 0 aromatic rings. The molecule has 1 aliphatic rings. The Labute approximate surface area is 118 Å². The van der Waals surface area contributed by atoms with Gasteiger partial charge in [-0.05, 0) is 33.2 Å². The molecule has 0 spiro atoms. The van der Waals surface area contributed by atoms with Crippen molar-refractivity contribution in [3.63, 3.8) is 0 Å². The van der Waals surface area contributed by atoms with Crippen LogP contribution in [0, 0.1) is 5.41 Å². The van der Waals surface area contributed by atoms with Crippen LogP contribution in [0.1, 0.15) is 33.1 Å². The van der Waals surface area contributed by atoms with Crippen molar-refractivity contribution in [2.75, 3.05) is 53.6 Å². The summed E-state index contributed by atoms with van der Waals surface area (Å²) in [4.78, 5) is 2.56. The zero-order chi connectivity index (χ0) is 14.1. The fourth-order valence-electron chi connectivity index (χ4n) is 2.96. The van der Waals surface area contributed by atoms with Gasteiger partial charge in [-0.2, -0.15) is 0 Å². The highest BCUT2D eigenvalue weighted by Gasteiger charge is 2.35. The number of methoxy groups -OCH3 is 1. The minimum absolute atomic E-state index is 0.268. The van der Waals surface area contributed by atoms with Crippen LogP contribution in [0.5, 0.6) is 0 Å². The molecular weight excluding hydrogens is 240 g/mol. The Bertz CT molecular complexity index is 225. The zero-order valence-corrected chi connectivity index (χ0v) is 13.2. The Morgan fingerprint density at radius 1 is 1.47 bits per heavy atom. The summed E-state index contributed by atoms with van der Waals surface area (Å²) in [6.45, 7) is 10.3. The predicted molar refractivity (Wildman–Crippen MR) is 79.6 cm³/mol. The summed E-state index contributed by atoms with van der Waals surface area (Å²) in [6.07, 6.45) is 3.62. The molecule has 0 bridgehead atoms. The summed E-state index contributed by atoms with van der Waals surface area (Å²) < 4.78 is 11.0. The lowest BCUT2D eigenvalue weighted by Crippen LogP contribution is -2.51. The highest BCUT2D eigenvalue weighted by molar-refractivity contribution is 4.88. The Morgan fingerprint density at radius 3 is 2.79 bits per heavy atom. The molecule has 1 heterocycles. The number of hydrogen-bond acceptors (Lipinski definition) is 4. The largest absolute Gasteiger partial charge is 0.383 e. The minimum atomic E-state index is 0.268. The van der Waals surface area contributed by atoms with E-state index in [-0.39, 0.29) is 5.41 Å². The van der Waals surface area contributed by atoms with Gasteiger partial charge in [-0.25, -0.2) is 0 Å². The molecule has 0 aromatic heterocycles. The van der Waals surface area contributed by atoms with Gasteiger partial charge in [0.1, 0.15) is 0 Å². The Morgan fingerprint density at radius 2 is 2.26 bits per heavy atom. The summed E-state index contributed by atoms with van der Waals surface area (Å²) in [5, 5.41) is 3.36. The average molecular weight is 272 g/mol. The van der Waals surface area contributed by atoms with Gasteiger partial charge >= 0.3 is 0 Å². The maximum absolute atomic E-state index is 5.76. The number of nitrogens with zero attached hydrogens (tertiary/aromatic N) is 1. The molecule has 4 nitrogen and oxygen atoms in total. The van der Waals surface area contributed by atoms with Gasteiger partial charge < -0.3 is 14.8 Å². The zero-order valence-electron chi connectivity index (χ0n) is 13.2. The van der Waals surface area contributed by atoms with E-state index in [0.717, 1.165) is 39.5 Å². The van der Waals surface area contributed by atoms with Crippen LogP contribution in [0.25, 0.3) is 0 Å². The van der Waals surface area contributed by atoms with Gasteiger partial charge in [0, 0.05) is 44.8 Å². The Kier molecular flexibility index (Phi) is 7.91. The van der Waals surface area contributed by atoms with Crippen LogP contribution >= 0.6 is 0 Å². The number of ether oxygens (including phenoxy) is 2. The average Bonchev–Trinajstić information content (AvgIpc) is 2.44. The summed E-state index contributed by atoms with van der Waals surface area (Å²) in [5.74, 6) is 0. The molecule has 0 radical (unpaired) electrons. The summed E-state index contributed by atoms with van der Waals surface area (Å²) in [6, 6.07) is 0.603. The highest BCUT2D eigenvalue weighted by Crippen LogP contribution is 2.30. The van der Waals surface area contributed by atoms with Gasteiger partial charge in [0.05, 0.1) is 13.2 Å². The Hall–Kier alpha value is -0.160. The quantitative estimate of drug-likeness (QED) is 0.693. The van der Waals surface area contributed by atoms with Crippen molar-refractivity contribution in [1.29, 1.82) is 0 Å². The molecule has 19 heavy (non-hydrogen) atoms. The third-order valence-corrected chi connectivity index (χ3v) is 4.29. The van der Waals surface area contributed by atoms with Crippen molar-refractivity contribution >= 4 is 0 Å². The number of rotatable bonds is 9. The van der Waals surface area contributed by atoms with Gasteiger partial charge in [-0.3, -0.25) is 4.90 Å². The monoisotopic (exact) mass is 272 g/mol. The molecule has 1 N–H and O–H groups in total. The molecule has 114 valence electrons. The minimum Gasteiger partial charge on any atom is -0.383 e. The molecule has 0 amide bonds. The van der Waals surface area contributed by atoms with Crippen LogP contribution in [-0.2, 0) is 9.47 Å². The van der Waals surface area contributed by atoms with Crippen molar-refractivity contribution in [3.05, 3.63) is 0 Å². The van der Waals surface area contributed by atoms with E-state index in [1.807, 2.05) is 7.05 Å². The van der Waals surface area contributed by atoms with Gasteiger partial charge in [0.15, 0.2) is 0 Å². The van der Waals surface area contributed by atoms with Gasteiger partial charge in [0.2, 0.25) is 0 Å². The molecule has 0 saturated carbocycles. The van der Waals surface area contributed by atoms with Gasteiger partial charge in [-0.15, -0.1) is 0 Å². The highest BCUT2D eigenvalue weighted by atomic mass is 16.5. The normalized spacial score (nSPS) is 25.7. The topological polar surface area (TPSA) is 33.7 Å². The third kappa shape index (κ3) is 5.38. The van der Waals surface area contributed by atoms with Gasteiger partial charge in [-0.1, -0.05) is 6.92 Å². The van der Waals surface area contributed by atoms with E-state index >= 15 is 0 Å². The molecule has 1 saturated heterocycles. The van der Waals surface area contributed by atoms with E-state index in [1.54, 1.807) is 7.11 Å². The van der Waals surface area contributed by atoms with Gasteiger partial charge in [0.25, 0.3) is 0 Å². The van der Waals surface area contributed by atoms with E-state index in [9.17, 15) is 0 Å². The van der Waals surface area contributed by atoms with Crippen LogP contribution < -0.4 is 5.32 Å². The SMILES string of the molecule is CCC(C)N(CCOC)CC1(CNC)CCCOC1. The van der Waals surface area contributed by atoms with Crippen molar-refractivity contribution in [2.24, 2.45) is 5.41 Å². The first-order valence-corrected chi connectivity index (χ1v) is 7.63. The van der Waals surface area contributed by atoms with Crippen molar-refractivity contribution < 1.29 is 9.47 Å². The third-order valence-electron chi connectivity index (χ3n) is 4.29. The van der Waals surface area contributed by atoms with Crippen molar-refractivity contribution in [1.82, 2.24) is 10.2 Å². The molecule has 2 unspecified atom stereocenters. The molecule has 1 aliphatic heterocycles. The molecule has 2 atom stereocenters. The molecule has 1 rings (SSSR count). The van der Waals surface area contributed by atoms with E-state index in [4.69, 9.17) is 9.47 Å². The molecule has 0 aliphatic carbocycles. The standard InChI is InChI=1S/C15H32N2O2/c1-5-14(2)17(8-10-18-4)12-15(11-16-3)7-6-9-19-13-15/h14,16H,5-13H2,1-4H3. The second-order valence-corrected chi connectivity index (χ2v) is 5.91. The number of nitrogens with one attached hydrogen (secondary N) is 1. The first-order chi connectivity index (χ1) is 9.17. The molecule has 0 aromatic carbocycles. The lowest BCUT2D eigenvalue weighted by Gasteiger charge is -2.42. The second-order valence-electron chi connectivity index (χ2n) is 5.91. The maximum Gasteiger partial charge on any atom is 0.0589 e. The Balaban J connectivity index is 2.65. The lowest BCUT2D eigenvalue weighted by molar-refractivity contribution is -0.0346. The van der Waals surface area contributed by atoms with Crippen molar-refractivity contribution in [2.45, 2.75) is 39.2 Å². The van der Waals surface area contributed by atoms with Crippen LogP contribution in [0.2, 0.25) is 0 Å².